The second-order valence-corrected chi connectivity index (χ2v) is 26.3. The van der Waals surface area contributed by atoms with E-state index in [2.05, 4.69) is 123 Å². The van der Waals surface area contributed by atoms with E-state index in [1.165, 1.54) is 260 Å². The van der Waals surface area contributed by atoms with Crippen molar-refractivity contribution in [3.8, 4) is 11.5 Å². The molecule has 0 saturated heterocycles. The molecule has 0 radical (unpaired) electrons. The van der Waals surface area contributed by atoms with Gasteiger partial charge in [0, 0.05) is 12.8 Å². The van der Waals surface area contributed by atoms with E-state index in [0.29, 0.717) is 31.6 Å². The van der Waals surface area contributed by atoms with Crippen LogP contribution in [0.5, 0.6) is 11.5 Å². The van der Waals surface area contributed by atoms with Gasteiger partial charge in [-0.15, -0.1) is 0 Å². The lowest BCUT2D eigenvalue weighted by molar-refractivity contribution is 0.0696. The Balaban J connectivity index is 1.11. The highest BCUT2D eigenvalue weighted by Crippen LogP contribution is 2.39. The Morgan fingerprint density at radius 3 is 0.866 bits per heavy atom. The molecule has 452 valence electrons. The van der Waals surface area contributed by atoms with Crippen molar-refractivity contribution in [1.82, 2.24) is 0 Å². The minimum absolute atomic E-state index is 0.315. The van der Waals surface area contributed by atoms with Crippen molar-refractivity contribution < 1.29 is 19.4 Å². The molecule has 0 heterocycles. The molecule has 0 aromatic heterocycles. The molecule has 1 N–H and O–H groups in total. The number of carboxylic acids is 1. The summed E-state index contributed by atoms with van der Waals surface area (Å²) in [6, 6.07) is 42.4. The van der Waals surface area contributed by atoms with Crippen molar-refractivity contribution in [2.24, 2.45) is 0 Å². The molecule has 4 nitrogen and oxygen atoms in total. The van der Waals surface area contributed by atoms with E-state index in [1.807, 2.05) is 12.1 Å². The number of benzene rings is 5. The van der Waals surface area contributed by atoms with Gasteiger partial charge in [0.2, 0.25) is 0 Å². The van der Waals surface area contributed by atoms with Crippen LogP contribution in [-0.2, 0) is 12.8 Å². The normalized spacial score (nSPS) is 11.5. The molecule has 0 aliphatic rings. The van der Waals surface area contributed by atoms with Crippen LogP contribution in [0, 0.1) is 0 Å². The number of para-hydroxylation sites is 2. The molecule has 0 saturated carbocycles. The van der Waals surface area contributed by atoms with Gasteiger partial charge in [-0.1, -0.05) is 355 Å². The summed E-state index contributed by atoms with van der Waals surface area (Å²) in [5.74, 6) is 0.869. The minimum Gasteiger partial charge on any atom is -0.493 e. The first-order chi connectivity index (χ1) is 40.6. The van der Waals surface area contributed by atoms with Crippen molar-refractivity contribution >= 4 is 29.8 Å². The van der Waals surface area contributed by atoms with Gasteiger partial charge in [0.25, 0.3) is 0 Å². The summed E-state index contributed by atoms with van der Waals surface area (Å²) in [4.78, 5) is 13.1. The van der Waals surface area contributed by atoms with Gasteiger partial charge in [0.05, 0.1) is 18.8 Å². The first kappa shape index (κ1) is 68.4. The smallest absolute Gasteiger partial charge is 0.335 e. The highest BCUT2D eigenvalue weighted by atomic mass is 31.1. The number of hydrogen-bond acceptors (Lipinski definition) is 3. The fourth-order valence-corrected chi connectivity index (χ4v) is 14.7. The monoisotopic (exact) mass is 1130 g/mol. The summed E-state index contributed by atoms with van der Waals surface area (Å²) in [5.41, 5.74) is 4.55. The molecule has 5 rings (SSSR count). The summed E-state index contributed by atoms with van der Waals surface area (Å²) in [6.07, 6.45) is 55.9. The maximum atomic E-state index is 13.1. The molecule has 5 heteroatoms. The van der Waals surface area contributed by atoms with Crippen molar-refractivity contribution in [3.05, 3.63) is 149 Å². The molecule has 0 bridgehead atoms. The average molecular weight is 1140 g/mol. The maximum absolute atomic E-state index is 13.1. The van der Waals surface area contributed by atoms with Crippen LogP contribution in [0.15, 0.2) is 121 Å². The van der Waals surface area contributed by atoms with E-state index >= 15 is 0 Å². The second-order valence-electron chi connectivity index (χ2n) is 24.2. The molecule has 0 aliphatic heterocycles. The van der Waals surface area contributed by atoms with E-state index in [4.69, 9.17) is 9.47 Å². The Bertz CT molecular complexity index is 2170. The number of ether oxygens (including phenoxy) is 2. The Kier molecular flexibility index (Phi) is 38.3. The third-order valence-corrected chi connectivity index (χ3v) is 19.6. The molecule has 0 aliphatic carbocycles. The van der Waals surface area contributed by atoms with Crippen molar-refractivity contribution in [2.75, 3.05) is 13.2 Å². The van der Waals surface area contributed by atoms with E-state index in [1.54, 1.807) is 0 Å². The summed E-state index contributed by atoms with van der Waals surface area (Å²) < 4.78 is 13.3. The fourth-order valence-electron chi connectivity index (χ4n) is 12.1. The van der Waals surface area contributed by atoms with E-state index in [9.17, 15) is 9.90 Å². The summed E-state index contributed by atoms with van der Waals surface area (Å²) in [6.45, 7) is 5.96. The van der Waals surface area contributed by atoms with Gasteiger partial charge in [-0.05, 0) is 83.2 Å². The third kappa shape index (κ3) is 29.4. The molecular weight excluding hydrogens is 1020 g/mol. The fraction of sp³-hybridized carbons (Fsp3) is 0.597. The Labute approximate surface area is 503 Å². The molecule has 0 fully saturated rings. The highest BCUT2D eigenvalue weighted by molar-refractivity contribution is 7.80. The SMILES string of the molecule is CCCCCCCCCCCCCCCCCCCCCCOc1ccccc1Cc1cc(C(=O)O)cc(Cc2ccccc2OCCCCCCCCCCCCCCCCCCCCCC)c1P(c1ccccc1)c1ccccc1. The van der Waals surface area contributed by atoms with E-state index in [0.717, 1.165) is 46.6 Å². The predicted molar refractivity (Wildman–Crippen MR) is 358 cm³/mol. The van der Waals surface area contributed by atoms with Crippen LogP contribution in [0.4, 0.5) is 0 Å². The number of hydrogen-bond donors (Lipinski definition) is 1. The zero-order valence-electron chi connectivity index (χ0n) is 52.3. The largest absolute Gasteiger partial charge is 0.493 e. The van der Waals surface area contributed by atoms with Gasteiger partial charge < -0.3 is 14.6 Å². The first-order valence-corrected chi connectivity index (χ1v) is 35.6. The van der Waals surface area contributed by atoms with Gasteiger partial charge in [-0.2, -0.15) is 0 Å². The van der Waals surface area contributed by atoms with Crippen molar-refractivity contribution in [2.45, 2.75) is 284 Å². The lowest BCUT2D eigenvalue weighted by Crippen LogP contribution is -2.27. The standard InChI is InChI=1S/C77H115O4P/c1-3-5-7-9-11-13-15-17-19-21-23-25-27-29-31-33-35-37-39-51-61-80-74-59-49-47-53-67(74)63-69-65-71(77(78)79)66-70(76(69)82(72-55-43-41-44-56-72)73-57-45-42-46-58-73)64-68-54-48-50-60-75(68)81-62-52-40-38-36-34-32-30-28-26-24-22-20-18-16-14-12-10-8-6-4-2/h41-50,53-60,65-66H,3-40,51-52,61-64H2,1-2H3,(H,78,79). The molecule has 5 aromatic rings. The molecule has 0 unspecified atom stereocenters. The zero-order chi connectivity index (χ0) is 57.6. The summed E-state index contributed by atoms with van der Waals surface area (Å²) in [5, 5.41) is 14.5. The first-order valence-electron chi connectivity index (χ1n) is 34.3. The van der Waals surface area contributed by atoms with Crippen molar-refractivity contribution in [1.29, 1.82) is 0 Å². The predicted octanol–water partition coefficient (Wildman–Crippen LogP) is 22.7. The highest BCUT2D eigenvalue weighted by Gasteiger charge is 2.26. The summed E-state index contributed by atoms with van der Waals surface area (Å²) in [7, 11) is -1.07. The quantitative estimate of drug-likeness (QED) is 0.0311. The van der Waals surface area contributed by atoms with E-state index in [-0.39, 0.29) is 0 Å². The Hall–Kier alpha value is -4.40. The topological polar surface area (TPSA) is 55.8 Å². The van der Waals surface area contributed by atoms with Crippen LogP contribution in [0.2, 0.25) is 0 Å². The lowest BCUT2D eigenvalue weighted by Gasteiger charge is -2.27. The minimum atomic E-state index is -1.07. The molecule has 0 atom stereocenters. The van der Waals surface area contributed by atoms with Gasteiger partial charge in [-0.3, -0.25) is 0 Å². The Morgan fingerprint density at radius 1 is 0.329 bits per heavy atom. The van der Waals surface area contributed by atoms with Crippen LogP contribution < -0.4 is 25.4 Å². The number of aromatic carboxylic acids is 1. The van der Waals surface area contributed by atoms with Crippen LogP contribution >= 0.6 is 7.92 Å². The molecule has 82 heavy (non-hydrogen) atoms. The molecule has 0 amide bonds. The number of rotatable bonds is 52. The van der Waals surface area contributed by atoms with E-state index < -0.39 is 13.9 Å². The number of carboxylic acid groups (broad SMARTS) is 1. The van der Waals surface area contributed by atoms with Gasteiger partial charge in [0.15, 0.2) is 0 Å². The summed E-state index contributed by atoms with van der Waals surface area (Å²) >= 11 is 0. The third-order valence-electron chi connectivity index (χ3n) is 17.0. The van der Waals surface area contributed by atoms with Crippen LogP contribution in [0.25, 0.3) is 0 Å². The van der Waals surface area contributed by atoms with Gasteiger partial charge >= 0.3 is 5.97 Å². The second kappa shape index (κ2) is 46.0. The van der Waals surface area contributed by atoms with Crippen molar-refractivity contribution in [3.63, 3.8) is 0 Å². The molecule has 5 aromatic carbocycles. The van der Waals surface area contributed by atoms with Crippen LogP contribution in [0.3, 0.4) is 0 Å². The van der Waals surface area contributed by atoms with Crippen LogP contribution in [-0.4, -0.2) is 24.3 Å². The molecular formula is C77H115O4P. The van der Waals surface area contributed by atoms with Gasteiger partial charge in [0.1, 0.15) is 11.5 Å². The Morgan fingerprint density at radius 2 is 0.585 bits per heavy atom. The van der Waals surface area contributed by atoms with Crippen LogP contribution in [0.1, 0.15) is 303 Å². The number of unbranched alkanes of at least 4 members (excludes halogenated alkanes) is 38. The molecule has 0 spiro atoms. The maximum Gasteiger partial charge on any atom is 0.335 e. The lowest BCUT2D eigenvalue weighted by atomic mass is 9.95. The average Bonchev–Trinajstić information content (AvgIpc) is 3.14. The zero-order valence-corrected chi connectivity index (χ0v) is 53.2. The van der Waals surface area contributed by atoms with Gasteiger partial charge in [-0.25, -0.2) is 4.79 Å². The number of carbonyl (C=O) groups is 1.